The first-order chi connectivity index (χ1) is 11.4. The summed E-state index contributed by atoms with van der Waals surface area (Å²) in [5.74, 6) is 0.943. The lowest BCUT2D eigenvalue weighted by atomic mass is 10.0. The summed E-state index contributed by atoms with van der Waals surface area (Å²) in [6.07, 6.45) is 2.61. The van der Waals surface area contributed by atoms with E-state index in [1.165, 1.54) is 0 Å². The zero-order valence-electron chi connectivity index (χ0n) is 12.8. The Kier molecular flexibility index (Phi) is 3.35. The van der Waals surface area contributed by atoms with Gasteiger partial charge in [-0.25, -0.2) is 0 Å². The van der Waals surface area contributed by atoms with Gasteiger partial charge in [0.15, 0.2) is 5.65 Å². The molecule has 23 heavy (non-hydrogen) atoms. The molecule has 0 amide bonds. The molecule has 112 valence electrons. The molecule has 0 atom stereocenters. The third-order valence-corrected chi connectivity index (χ3v) is 3.92. The van der Waals surface area contributed by atoms with Gasteiger partial charge >= 0.3 is 0 Å². The largest absolute Gasteiger partial charge is 0.275 e. The van der Waals surface area contributed by atoms with Crippen LogP contribution in [-0.2, 0) is 6.42 Å². The molecule has 0 fully saturated rings. The Morgan fingerprint density at radius 1 is 0.826 bits per heavy atom. The highest BCUT2D eigenvalue weighted by Crippen LogP contribution is 2.31. The Bertz CT molecular complexity index is 943. The normalized spacial score (nSPS) is 11.0. The molecule has 0 aliphatic carbocycles. The molecule has 0 aliphatic heterocycles. The third kappa shape index (κ3) is 2.28. The van der Waals surface area contributed by atoms with E-state index in [9.17, 15) is 0 Å². The fraction of sp³-hybridized carbons (Fsp3) is 0.105. The Morgan fingerprint density at radius 2 is 1.48 bits per heavy atom. The van der Waals surface area contributed by atoms with Crippen molar-refractivity contribution in [2.75, 3.05) is 0 Å². The highest BCUT2D eigenvalue weighted by atomic mass is 15.3. The molecule has 2 aromatic carbocycles. The first kappa shape index (κ1) is 13.6. The summed E-state index contributed by atoms with van der Waals surface area (Å²) >= 11 is 0. The van der Waals surface area contributed by atoms with Gasteiger partial charge in [-0.1, -0.05) is 67.6 Å². The molecule has 0 bridgehead atoms. The molecule has 0 saturated heterocycles. The van der Waals surface area contributed by atoms with Crippen LogP contribution in [0.25, 0.3) is 28.2 Å². The van der Waals surface area contributed by atoms with E-state index in [-0.39, 0.29) is 0 Å². The summed E-state index contributed by atoms with van der Waals surface area (Å²) in [5.41, 5.74) is 4.96. The van der Waals surface area contributed by atoms with E-state index in [2.05, 4.69) is 50.8 Å². The SMILES string of the molecule is CCc1nnc2cnc(-c3ccccc3)c(-c3ccccc3)n12. The van der Waals surface area contributed by atoms with Crippen molar-refractivity contribution in [2.24, 2.45) is 0 Å². The van der Waals surface area contributed by atoms with Crippen LogP contribution in [0.5, 0.6) is 0 Å². The maximum atomic E-state index is 4.68. The van der Waals surface area contributed by atoms with Crippen LogP contribution in [0.2, 0.25) is 0 Å². The minimum atomic E-state index is 0.778. The van der Waals surface area contributed by atoms with Gasteiger partial charge in [-0.05, 0) is 0 Å². The average molecular weight is 300 g/mol. The van der Waals surface area contributed by atoms with Crippen molar-refractivity contribution >= 4 is 5.65 Å². The molecule has 0 N–H and O–H groups in total. The fourth-order valence-corrected chi connectivity index (χ4v) is 2.85. The van der Waals surface area contributed by atoms with Crippen molar-refractivity contribution in [2.45, 2.75) is 13.3 Å². The number of fused-ring (bicyclic) bond motifs is 1. The van der Waals surface area contributed by atoms with Crippen LogP contribution >= 0.6 is 0 Å². The summed E-state index contributed by atoms with van der Waals surface area (Å²) in [5, 5.41) is 8.57. The first-order valence-corrected chi connectivity index (χ1v) is 7.72. The fourth-order valence-electron chi connectivity index (χ4n) is 2.85. The van der Waals surface area contributed by atoms with Crippen LogP contribution in [0.3, 0.4) is 0 Å². The summed E-state index contributed by atoms with van der Waals surface area (Å²) in [4.78, 5) is 4.68. The number of rotatable bonds is 3. The molecule has 0 radical (unpaired) electrons. The lowest BCUT2D eigenvalue weighted by Gasteiger charge is -2.13. The van der Waals surface area contributed by atoms with Crippen LogP contribution < -0.4 is 0 Å². The zero-order valence-corrected chi connectivity index (χ0v) is 12.8. The molecule has 0 aliphatic rings. The van der Waals surface area contributed by atoms with Crippen LogP contribution in [0, 0.1) is 0 Å². The van der Waals surface area contributed by atoms with Crippen molar-refractivity contribution in [3.8, 4) is 22.5 Å². The monoisotopic (exact) mass is 300 g/mol. The van der Waals surface area contributed by atoms with Crippen molar-refractivity contribution in [3.63, 3.8) is 0 Å². The molecule has 4 nitrogen and oxygen atoms in total. The second kappa shape index (κ2) is 5.65. The highest BCUT2D eigenvalue weighted by molar-refractivity contribution is 5.79. The summed E-state index contributed by atoms with van der Waals surface area (Å²) in [6.45, 7) is 2.09. The van der Waals surface area contributed by atoms with Gasteiger partial charge in [0.25, 0.3) is 0 Å². The van der Waals surface area contributed by atoms with Gasteiger partial charge in [0, 0.05) is 17.5 Å². The van der Waals surface area contributed by atoms with Gasteiger partial charge in [0.2, 0.25) is 0 Å². The molecular formula is C19H16N4. The Labute approximate surface area is 134 Å². The molecular weight excluding hydrogens is 284 g/mol. The molecule has 4 heteroatoms. The standard InChI is InChI=1S/C19H16N4/c1-2-16-21-22-17-13-20-18(14-9-5-3-6-10-14)19(23(16)17)15-11-7-4-8-12-15/h3-13H,2H2,1H3. The van der Waals surface area contributed by atoms with Crippen molar-refractivity contribution < 1.29 is 0 Å². The van der Waals surface area contributed by atoms with E-state index in [1.807, 2.05) is 36.4 Å². The number of hydrogen-bond donors (Lipinski definition) is 0. The van der Waals surface area contributed by atoms with E-state index in [0.29, 0.717) is 0 Å². The van der Waals surface area contributed by atoms with E-state index in [0.717, 1.165) is 40.4 Å². The molecule has 4 aromatic rings. The minimum absolute atomic E-state index is 0.778. The van der Waals surface area contributed by atoms with Crippen LogP contribution in [0.15, 0.2) is 66.9 Å². The summed E-state index contributed by atoms with van der Waals surface area (Å²) in [6, 6.07) is 20.5. The quantitative estimate of drug-likeness (QED) is 0.574. The molecule has 2 heterocycles. The Hall–Kier alpha value is -3.01. The number of nitrogens with zero attached hydrogens (tertiary/aromatic N) is 4. The van der Waals surface area contributed by atoms with Gasteiger partial charge in [-0.15, -0.1) is 10.2 Å². The first-order valence-electron chi connectivity index (χ1n) is 7.72. The van der Waals surface area contributed by atoms with Gasteiger partial charge in [-0.3, -0.25) is 9.38 Å². The second-order valence-corrected chi connectivity index (χ2v) is 5.35. The van der Waals surface area contributed by atoms with E-state index in [1.54, 1.807) is 6.20 Å². The maximum absolute atomic E-state index is 4.68. The van der Waals surface area contributed by atoms with Crippen molar-refractivity contribution in [1.82, 2.24) is 19.6 Å². The Morgan fingerprint density at radius 3 is 2.13 bits per heavy atom. The topological polar surface area (TPSA) is 43.1 Å². The van der Waals surface area contributed by atoms with Gasteiger partial charge in [0.1, 0.15) is 5.82 Å². The van der Waals surface area contributed by atoms with Crippen LogP contribution in [0.1, 0.15) is 12.7 Å². The number of aromatic nitrogens is 4. The summed E-state index contributed by atoms with van der Waals surface area (Å²) < 4.78 is 2.12. The van der Waals surface area contributed by atoms with Crippen LogP contribution in [-0.4, -0.2) is 19.6 Å². The Balaban J connectivity index is 2.11. The third-order valence-electron chi connectivity index (χ3n) is 3.92. The predicted octanol–water partition coefficient (Wildman–Crippen LogP) is 4.02. The van der Waals surface area contributed by atoms with Gasteiger partial charge < -0.3 is 0 Å². The maximum Gasteiger partial charge on any atom is 0.179 e. The smallest absolute Gasteiger partial charge is 0.179 e. The molecule has 0 saturated carbocycles. The predicted molar refractivity (Wildman–Crippen MR) is 91.0 cm³/mol. The zero-order chi connectivity index (χ0) is 15.6. The van der Waals surface area contributed by atoms with Gasteiger partial charge in [0.05, 0.1) is 17.6 Å². The lowest BCUT2D eigenvalue weighted by Crippen LogP contribution is -2.02. The van der Waals surface area contributed by atoms with E-state index < -0.39 is 0 Å². The van der Waals surface area contributed by atoms with Crippen LogP contribution in [0.4, 0.5) is 0 Å². The lowest BCUT2D eigenvalue weighted by molar-refractivity contribution is 0.911. The van der Waals surface area contributed by atoms with Crippen molar-refractivity contribution in [1.29, 1.82) is 0 Å². The number of hydrogen-bond acceptors (Lipinski definition) is 3. The number of benzene rings is 2. The highest BCUT2D eigenvalue weighted by Gasteiger charge is 2.16. The van der Waals surface area contributed by atoms with Gasteiger partial charge in [-0.2, -0.15) is 0 Å². The molecule has 0 unspecified atom stereocenters. The van der Waals surface area contributed by atoms with E-state index >= 15 is 0 Å². The molecule has 4 rings (SSSR count). The minimum Gasteiger partial charge on any atom is -0.275 e. The number of aryl methyl sites for hydroxylation is 1. The molecule has 2 aromatic heterocycles. The second-order valence-electron chi connectivity index (χ2n) is 5.35. The molecule has 0 spiro atoms. The summed E-state index contributed by atoms with van der Waals surface area (Å²) in [7, 11) is 0. The van der Waals surface area contributed by atoms with Crippen molar-refractivity contribution in [3.05, 3.63) is 72.7 Å². The average Bonchev–Trinajstić information content (AvgIpc) is 3.05. The van der Waals surface area contributed by atoms with E-state index in [4.69, 9.17) is 0 Å².